The van der Waals surface area contributed by atoms with E-state index in [9.17, 15) is 4.79 Å². The number of aryl methyl sites for hydroxylation is 1. The Morgan fingerprint density at radius 2 is 1.86 bits per heavy atom. The number of nitrogens with one attached hydrogen (secondary N) is 2. The molecule has 29 heavy (non-hydrogen) atoms. The summed E-state index contributed by atoms with van der Waals surface area (Å²) in [6, 6.07) is 16.2. The number of aliphatic imine (C=N–C) groups is 1. The Morgan fingerprint density at radius 1 is 1.17 bits per heavy atom. The van der Waals surface area contributed by atoms with Gasteiger partial charge in [0.25, 0.3) is 0 Å². The molecule has 2 aromatic carbocycles. The van der Waals surface area contributed by atoms with E-state index in [4.69, 9.17) is 4.74 Å². The van der Waals surface area contributed by atoms with E-state index in [0.29, 0.717) is 12.5 Å². The zero-order valence-corrected chi connectivity index (χ0v) is 20.1. The minimum Gasteiger partial charge on any atom is -0.496 e. The lowest BCUT2D eigenvalue weighted by Gasteiger charge is -2.20. The van der Waals surface area contributed by atoms with Gasteiger partial charge in [-0.15, -0.1) is 24.0 Å². The molecule has 0 saturated heterocycles. The van der Waals surface area contributed by atoms with Gasteiger partial charge in [0.2, 0.25) is 5.91 Å². The van der Waals surface area contributed by atoms with Crippen molar-refractivity contribution in [1.82, 2.24) is 15.5 Å². The molecule has 2 rings (SSSR count). The number of carbonyl (C=O) groups is 1. The summed E-state index contributed by atoms with van der Waals surface area (Å²) in [7, 11) is 5.13. The topological polar surface area (TPSA) is 66.0 Å². The third-order valence-electron chi connectivity index (χ3n) is 4.41. The highest BCUT2D eigenvalue weighted by Crippen LogP contribution is 2.20. The number of methoxy groups -OCH3 is 1. The van der Waals surface area contributed by atoms with Crippen LogP contribution in [0.3, 0.4) is 0 Å². The Kier molecular flexibility index (Phi) is 10.5. The lowest BCUT2D eigenvalue weighted by Crippen LogP contribution is -2.43. The van der Waals surface area contributed by atoms with Crippen molar-refractivity contribution in [2.45, 2.75) is 26.4 Å². The standard InChI is InChI=1S/C22H30N4O2.HI/c1-16-11-12-19(20(13-16)28-5)14-23-22(24-15-21(27)26(3)4)25-17(2)18-9-7-6-8-10-18;/h6-13,17H,14-15H2,1-5H3,(H2,23,24,25);1H. The second kappa shape index (κ2) is 12.3. The number of carbonyl (C=O) groups excluding carboxylic acids is 1. The predicted molar refractivity (Wildman–Crippen MR) is 129 cm³/mol. The summed E-state index contributed by atoms with van der Waals surface area (Å²) in [5.74, 6) is 1.37. The van der Waals surface area contributed by atoms with Crippen molar-refractivity contribution in [2.24, 2.45) is 4.99 Å². The number of halogens is 1. The largest absolute Gasteiger partial charge is 0.496 e. The molecule has 1 unspecified atom stereocenters. The summed E-state index contributed by atoms with van der Waals surface area (Å²) in [5, 5.41) is 6.50. The van der Waals surface area contributed by atoms with Crippen LogP contribution in [0.4, 0.5) is 0 Å². The molecule has 7 heteroatoms. The number of ether oxygens (including phenoxy) is 1. The average molecular weight is 510 g/mol. The minimum absolute atomic E-state index is 0. The fourth-order valence-electron chi connectivity index (χ4n) is 2.65. The van der Waals surface area contributed by atoms with Gasteiger partial charge in [-0.1, -0.05) is 42.5 Å². The smallest absolute Gasteiger partial charge is 0.241 e. The van der Waals surface area contributed by atoms with Crippen molar-refractivity contribution in [2.75, 3.05) is 27.7 Å². The van der Waals surface area contributed by atoms with Crippen LogP contribution in [-0.4, -0.2) is 44.5 Å². The number of benzene rings is 2. The summed E-state index contributed by atoms with van der Waals surface area (Å²) in [4.78, 5) is 18.2. The minimum atomic E-state index is -0.0187. The van der Waals surface area contributed by atoms with Gasteiger partial charge in [0, 0.05) is 19.7 Å². The first-order valence-corrected chi connectivity index (χ1v) is 9.34. The molecule has 0 aromatic heterocycles. The number of hydrogen-bond donors (Lipinski definition) is 2. The second-order valence-electron chi connectivity index (χ2n) is 6.90. The first kappa shape index (κ1) is 24.7. The number of hydrogen-bond acceptors (Lipinski definition) is 3. The maximum absolute atomic E-state index is 12.0. The van der Waals surface area contributed by atoms with E-state index >= 15 is 0 Å². The van der Waals surface area contributed by atoms with Crippen molar-refractivity contribution >= 4 is 35.8 Å². The first-order chi connectivity index (χ1) is 13.4. The van der Waals surface area contributed by atoms with Crippen LogP contribution in [0.25, 0.3) is 0 Å². The molecule has 0 bridgehead atoms. The van der Waals surface area contributed by atoms with E-state index in [0.717, 1.165) is 22.4 Å². The molecule has 1 amide bonds. The van der Waals surface area contributed by atoms with Crippen LogP contribution in [0.1, 0.15) is 29.7 Å². The molecule has 0 saturated carbocycles. The van der Waals surface area contributed by atoms with Crippen molar-refractivity contribution in [3.05, 3.63) is 65.2 Å². The normalized spacial score (nSPS) is 11.8. The lowest BCUT2D eigenvalue weighted by atomic mass is 10.1. The molecule has 0 aliphatic rings. The molecule has 0 heterocycles. The summed E-state index contributed by atoms with van der Waals surface area (Å²) in [6.07, 6.45) is 0. The zero-order valence-electron chi connectivity index (χ0n) is 17.7. The Labute approximate surface area is 190 Å². The SMILES string of the molecule is COc1cc(C)ccc1CN=C(NCC(=O)N(C)C)NC(C)c1ccccc1.I. The molecule has 0 aliphatic heterocycles. The van der Waals surface area contributed by atoms with Gasteiger partial charge < -0.3 is 20.3 Å². The van der Waals surface area contributed by atoms with Gasteiger partial charge in [0.1, 0.15) is 5.75 Å². The summed E-state index contributed by atoms with van der Waals surface area (Å²) in [5.41, 5.74) is 3.26. The van der Waals surface area contributed by atoms with Gasteiger partial charge in [-0.3, -0.25) is 4.79 Å². The predicted octanol–water partition coefficient (Wildman–Crippen LogP) is 3.51. The first-order valence-electron chi connectivity index (χ1n) is 9.34. The molecule has 0 spiro atoms. The zero-order chi connectivity index (χ0) is 20.5. The molecule has 1 atom stereocenters. The number of guanidine groups is 1. The summed E-state index contributed by atoms with van der Waals surface area (Å²) in [6.45, 7) is 4.70. The van der Waals surface area contributed by atoms with E-state index in [1.165, 1.54) is 0 Å². The summed E-state index contributed by atoms with van der Waals surface area (Å²) < 4.78 is 5.47. The molecular formula is C22H31IN4O2. The van der Waals surface area contributed by atoms with Gasteiger partial charge >= 0.3 is 0 Å². The van der Waals surface area contributed by atoms with Gasteiger partial charge in [0.05, 0.1) is 26.2 Å². The Morgan fingerprint density at radius 3 is 2.48 bits per heavy atom. The molecule has 158 valence electrons. The van der Waals surface area contributed by atoms with E-state index in [2.05, 4.69) is 34.7 Å². The number of rotatable bonds is 7. The van der Waals surface area contributed by atoms with Crippen molar-refractivity contribution in [3.8, 4) is 5.75 Å². The second-order valence-corrected chi connectivity index (χ2v) is 6.90. The Hall–Kier alpha value is -2.29. The van der Waals surface area contributed by atoms with Crippen molar-refractivity contribution in [3.63, 3.8) is 0 Å². The highest BCUT2D eigenvalue weighted by molar-refractivity contribution is 14.0. The molecule has 0 radical (unpaired) electrons. The van der Waals surface area contributed by atoms with Crippen LogP contribution in [0.5, 0.6) is 5.75 Å². The number of likely N-dealkylation sites (N-methyl/N-ethyl adjacent to an activating group) is 1. The van der Waals surface area contributed by atoms with E-state index in [-0.39, 0.29) is 42.5 Å². The maximum atomic E-state index is 12.0. The molecule has 6 nitrogen and oxygen atoms in total. The van der Waals surface area contributed by atoms with Gasteiger partial charge in [-0.2, -0.15) is 0 Å². The number of amides is 1. The van der Waals surface area contributed by atoms with E-state index in [1.807, 2.05) is 43.3 Å². The van der Waals surface area contributed by atoms with Crippen LogP contribution < -0.4 is 15.4 Å². The number of nitrogens with zero attached hydrogens (tertiary/aromatic N) is 2. The van der Waals surface area contributed by atoms with Crippen molar-refractivity contribution in [1.29, 1.82) is 0 Å². The van der Waals surface area contributed by atoms with Gasteiger partial charge in [0.15, 0.2) is 5.96 Å². The van der Waals surface area contributed by atoms with Gasteiger partial charge in [-0.05, 0) is 31.0 Å². The fourth-order valence-corrected chi connectivity index (χ4v) is 2.65. The van der Waals surface area contributed by atoms with E-state index in [1.54, 1.807) is 26.1 Å². The summed E-state index contributed by atoms with van der Waals surface area (Å²) >= 11 is 0. The third kappa shape index (κ3) is 7.92. The van der Waals surface area contributed by atoms with Crippen LogP contribution in [-0.2, 0) is 11.3 Å². The van der Waals surface area contributed by atoms with Crippen LogP contribution in [0, 0.1) is 6.92 Å². The molecule has 2 N–H and O–H groups in total. The van der Waals surface area contributed by atoms with Gasteiger partial charge in [-0.25, -0.2) is 4.99 Å². The van der Waals surface area contributed by atoms with E-state index < -0.39 is 0 Å². The van der Waals surface area contributed by atoms with Crippen LogP contribution in [0.15, 0.2) is 53.5 Å². The third-order valence-corrected chi connectivity index (χ3v) is 4.41. The molecule has 0 fully saturated rings. The van der Waals surface area contributed by atoms with Crippen LogP contribution >= 0.6 is 24.0 Å². The monoisotopic (exact) mass is 510 g/mol. The molecular weight excluding hydrogens is 479 g/mol. The highest BCUT2D eigenvalue weighted by Gasteiger charge is 2.11. The quantitative estimate of drug-likeness (QED) is 0.340. The van der Waals surface area contributed by atoms with Crippen LogP contribution in [0.2, 0.25) is 0 Å². The molecule has 2 aromatic rings. The lowest BCUT2D eigenvalue weighted by molar-refractivity contribution is -0.127. The highest BCUT2D eigenvalue weighted by atomic mass is 127. The Bertz CT molecular complexity index is 810. The fraction of sp³-hybridized carbons (Fsp3) is 0.364. The van der Waals surface area contributed by atoms with Crippen molar-refractivity contribution < 1.29 is 9.53 Å². The maximum Gasteiger partial charge on any atom is 0.241 e. The molecule has 0 aliphatic carbocycles. The Balaban J connectivity index is 0.00000420. The average Bonchev–Trinajstić information content (AvgIpc) is 2.70.